The molecule has 3 aromatic rings. The first kappa shape index (κ1) is 22.6. The van der Waals surface area contributed by atoms with Crippen LogP contribution in [0, 0.1) is 18.7 Å². The summed E-state index contributed by atoms with van der Waals surface area (Å²) in [6.07, 6.45) is 2.89. The van der Waals surface area contributed by atoms with E-state index < -0.39 is 0 Å². The summed E-state index contributed by atoms with van der Waals surface area (Å²) < 4.78 is 26.4. The maximum absolute atomic E-state index is 14.3. The molecule has 1 saturated heterocycles. The summed E-state index contributed by atoms with van der Waals surface area (Å²) in [5.74, 6) is 1.59. The number of amides is 1. The Morgan fingerprint density at radius 3 is 2.88 bits per heavy atom. The zero-order chi connectivity index (χ0) is 23.7. The first-order valence-electron chi connectivity index (χ1n) is 11.9. The summed E-state index contributed by atoms with van der Waals surface area (Å²) in [7, 11) is 1.79. The van der Waals surface area contributed by atoms with Crippen LogP contribution in [-0.2, 0) is 4.79 Å². The van der Waals surface area contributed by atoms with Crippen LogP contribution < -0.4 is 19.7 Å². The van der Waals surface area contributed by atoms with Crippen molar-refractivity contribution in [3.63, 3.8) is 0 Å². The summed E-state index contributed by atoms with van der Waals surface area (Å²) in [6, 6.07) is 12.8. The summed E-state index contributed by atoms with van der Waals surface area (Å²) >= 11 is 0. The Kier molecular flexibility index (Phi) is 6.37. The molecule has 2 aliphatic rings. The summed E-state index contributed by atoms with van der Waals surface area (Å²) in [5, 5.41) is 4.26. The number of anilines is 1. The molecule has 1 aromatic heterocycles. The molecule has 1 N–H and O–H groups in total. The number of ether oxygens (including phenoxy) is 2. The minimum atomic E-state index is -0.353. The fourth-order valence-electron chi connectivity index (χ4n) is 5.20. The molecule has 0 bridgehead atoms. The average molecular weight is 464 g/mol. The highest BCUT2D eigenvalue weighted by atomic mass is 19.1. The van der Waals surface area contributed by atoms with Crippen molar-refractivity contribution in [2.45, 2.75) is 32.1 Å². The summed E-state index contributed by atoms with van der Waals surface area (Å²) in [5.41, 5.74) is 3.37. The Labute approximate surface area is 199 Å². The first-order valence-corrected chi connectivity index (χ1v) is 11.9. The van der Waals surface area contributed by atoms with Gasteiger partial charge < -0.3 is 19.7 Å². The third kappa shape index (κ3) is 4.44. The van der Waals surface area contributed by atoms with E-state index in [2.05, 4.69) is 16.4 Å². The fourth-order valence-corrected chi connectivity index (χ4v) is 5.20. The quantitative estimate of drug-likeness (QED) is 0.579. The molecule has 2 aromatic carbocycles. The largest absolute Gasteiger partial charge is 0.493 e. The molecule has 7 heteroatoms. The molecule has 1 atom stereocenters. The van der Waals surface area contributed by atoms with Gasteiger partial charge in [-0.1, -0.05) is 12.1 Å². The van der Waals surface area contributed by atoms with Crippen molar-refractivity contribution in [2.75, 3.05) is 38.3 Å². The van der Waals surface area contributed by atoms with Gasteiger partial charge in [0.05, 0.1) is 17.8 Å². The molecule has 6 nitrogen and oxygen atoms in total. The molecule has 5 rings (SSSR count). The predicted molar refractivity (Wildman–Crippen MR) is 130 cm³/mol. The van der Waals surface area contributed by atoms with Gasteiger partial charge in [0.25, 0.3) is 5.91 Å². The van der Waals surface area contributed by atoms with Crippen LogP contribution >= 0.6 is 0 Å². The molecule has 3 heterocycles. The fraction of sp³-hybridized carbons (Fsp3) is 0.407. The highest BCUT2D eigenvalue weighted by Crippen LogP contribution is 2.44. The van der Waals surface area contributed by atoms with Crippen LogP contribution in [0.2, 0.25) is 0 Å². The van der Waals surface area contributed by atoms with E-state index in [4.69, 9.17) is 9.47 Å². The van der Waals surface area contributed by atoms with E-state index in [-0.39, 0.29) is 24.2 Å². The number of carbonyl (C=O) groups excluding carboxylic acids is 1. The van der Waals surface area contributed by atoms with Crippen molar-refractivity contribution in [2.24, 2.45) is 5.92 Å². The SMILES string of the molecule is Cc1ccc2c(OCCC(c3cccc4c3OCC(=O)N4C)C3CCNCC3)cc(F)cc2n1. The van der Waals surface area contributed by atoms with Gasteiger partial charge in [-0.3, -0.25) is 9.78 Å². The normalized spacial score (nSPS) is 17.4. The number of pyridine rings is 1. The third-order valence-electron chi connectivity index (χ3n) is 7.01. The maximum atomic E-state index is 14.3. The van der Waals surface area contributed by atoms with Crippen molar-refractivity contribution in [3.05, 3.63) is 59.5 Å². The second kappa shape index (κ2) is 9.58. The van der Waals surface area contributed by atoms with Crippen molar-refractivity contribution >= 4 is 22.5 Å². The molecule has 1 amide bonds. The van der Waals surface area contributed by atoms with Gasteiger partial charge in [0.1, 0.15) is 17.3 Å². The second-order valence-electron chi connectivity index (χ2n) is 9.19. The van der Waals surface area contributed by atoms with Gasteiger partial charge in [0, 0.05) is 30.3 Å². The van der Waals surface area contributed by atoms with Crippen LogP contribution in [0.1, 0.15) is 36.4 Å². The molecule has 2 aliphatic heterocycles. The molecule has 34 heavy (non-hydrogen) atoms. The smallest absolute Gasteiger partial charge is 0.264 e. The standard InChI is InChI=1S/C27H30FN3O3/c1-17-6-7-22-23(30-17)14-19(28)15-25(22)33-13-10-20(18-8-11-29-12-9-18)21-4-3-5-24-27(21)34-16-26(32)31(24)2/h3-7,14-15,18,20,29H,8-13,16H2,1-2H3. The first-order chi connectivity index (χ1) is 16.5. The Bertz CT molecular complexity index is 1200. The van der Waals surface area contributed by atoms with E-state index in [1.54, 1.807) is 11.9 Å². The number of rotatable bonds is 6. The summed E-state index contributed by atoms with van der Waals surface area (Å²) in [4.78, 5) is 18.3. The third-order valence-corrected chi connectivity index (χ3v) is 7.01. The zero-order valence-electron chi connectivity index (χ0n) is 19.6. The number of carbonyl (C=O) groups is 1. The van der Waals surface area contributed by atoms with Crippen LogP contribution in [-0.4, -0.2) is 44.2 Å². The lowest BCUT2D eigenvalue weighted by Gasteiger charge is -2.34. The lowest BCUT2D eigenvalue weighted by atomic mass is 9.78. The molecule has 0 spiro atoms. The number of aryl methyl sites for hydroxylation is 1. The number of fused-ring (bicyclic) bond motifs is 2. The van der Waals surface area contributed by atoms with Crippen LogP contribution in [0.25, 0.3) is 10.9 Å². The number of aromatic nitrogens is 1. The van der Waals surface area contributed by atoms with Gasteiger partial charge in [-0.25, -0.2) is 4.39 Å². The van der Waals surface area contributed by atoms with Crippen LogP contribution in [0.15, 0.2) is 42.5 Å². The van der Waals surface area contributed by atoms with E-state index in [1.807, 2.05) is 31.2 Å². The minimum absolute atomic E-state index is 0.0479. The number of likely N-dealkylation sites (N-methyl/N-ethyl adjacent to an activating group) is 1. The highest BCUT2D eigenvalue weighted by Gasteiger charge is 2.31. The molecule has 0 aliphatic carbocycles. The topological polar surface area (TPSA) is 63.7 Å². The monoisotopic (exact) mass is 463 g/mol. The van der Waals surface area contributed by atoms with E-state index in [1.165, 1.54) is 12.1 Å². The van der Waals surface area contributed by atoms with Gasteiger partial charge in [-0.05, 0) is 74.9 Å². The number of nitrogens with one attached hydrogen (secondary N) is 1. The molecule has 1 fully saturated rings. The number of benzene rings is 2. The van der Waals surface area contributed by atoms with Gasteiger partial charge in [-0.15, -0.1) is 0 Å². The minimum Gasteiger partial charge on any atom is -0.493 e. The van der Waals surface area contributed by atoms with Gasteiger partial charge in [0.2, 0.25) is 0 Å². The van der Waals surface area contributed by atoms with Crippen molar-refractivity contribution in [3.8, 4) is 11.5 Å². The second-order valence-corrected chi connectivity index (χ2v) is 9.19. The highest BCUT2D eigenvalue weighted by molar-refractivity contribution is 5.97. The van der Waals surface area contributed by atoms with E-state index >= 15 is 0 Å². The molecular weight excluding hydrogens is 433 g/mol. The lowest BCUT2D eigenvalue weighted by molar-refractivity contribution is -0.121. The summed E-state index contributed by atoms with van der Waals surface area (Å²) in [6.45, 7) is 4.35. The van der Waals surface area contributed by atoms with Gasteiger partial charge in [-0.2, -0.15) is 0 Å². The molecule has 0 saturated carbocycles. The predicted octanol–water partition coefficient (Wildman–Crippen LogP) is 4.59. The van der Waals surface area contributed by atoms with Gasteiger partial charge >= 0.3 is 0 Å². The number of nitrogens with zero attached hydrogens (tertiary/aromatic N) is 2. The van der Waals surface area contributed by atoms with Crippen molar-refractivity contribution < 1.29 is 18.7 Å². The van der Waals surface area contributed by atoms with E-state index in [0.29, 0.717) is 23.8 Å². The molecule has 0 radical (unpaired) electrons. The van der Waals surface area contributed by atoms with Crippen LogP contribution in [0.4, 0.5) is 10.1 Å². The van der Waals surface area contributed by atoms with Crippen LogP contribution in [0.5, 0.6) is 11.5 Å². The Balaban J connectivity index is 1.42. The maximum Gasteiger partial charge on any atom is 0.264 e. The average Bonchev–Trinajstić information content (AvgIpc) is 2.84. The van der Waals surface area contributed by atoms with Gasteiger partial charge in [0.15, 0.2) is 6.61 Å². The van der Waals surface area contributed by atoms with Crippen molar-refractivity contribution in [1.29, 1.82) is 0 Å². The molecule has 178 valence electrons. The number of para-hydroxylation sites is 1. The van der Waals surface area contributed by atoms with E-state index in [9.17, 15) is 9.18 Å². The number of hydrogen-bond acceptors (Lipinski definition) is 5. The number of halogens is 1. The number of hydrogen-bond donors (Lipinski definition) is 1. The van der Waals surface area contributed by atoms with E-state index in [0.717, 1.165) is 60.4 Å². The molecule has 1 unspecified atom stereocenters. The molecular formula is C27H30FN3O3. The lowest BCUT2D eigenvalue weighted by Crippen LogP contribution is -2.36. The zero-order valence-corrected chi connectivity index (χ0v) is 19.6. The Morgan fingerprint density at radius 2 is 2.06 bits per heavy atom. The van der Waals surface area contributed by atoms with Crippen LogP contribution in [0.3, 0.4) is 0 Å². The number of piperidine rings is 1. The Morgan fingerprint density at radius 1 is 1.24 bits per heavy atom. The van der Waals surface area contributed by atoms with Crippen molar-refractivity contribution in [1.82, 2.24) is 10.3 Å². The Hall–Kier alpha value is -3.19.